The third-order valence-electron chi connectivity index (χ3n) is 6.79. The molecular weight excluding hydrogens is 428 g/mol. The molecule has 0 radical (unpaired) electrons. The van der Waals surface area contributed by atoms with Crippen molar-refractivity contribution in [1.29, 1.82) is 0 Å². The summed E-state index contributed by atoms with van der Waals surface area (Å²) in [7, 11) is -3.59. The van der Waals surface area contributed by atoms with Gasteiger partial charge in [0.25, 0.3) is 0 Å². The third kappa shape index (κ3) is 4.87. The summed E-state index contributed by atoms with van der Waals surface area (Å²) in [6.07, 6.45) is 7.01. The van der Waals surface area contributed by atoms with Crippen LogP contribution in [0.2, 0.25) is 0 Å². The van der Waals surface area contributed by atoms with Crippen LogP contribution in [0.3, 0.4) is 0 Å². The highest BCUT2D eigenvalue weighted by Crippen LogP contribution is 2.31. The number of ether oxygens (including phenoxy) is 1. The van der Waals surface area contributed by atoms with E-state index in [4.69, 9.17) is 9.15 Å². The molecule has 0 amide bonds. The molecule has 1 aromatic heterocycles. The molecule has 0 spiro atoms. The Morgan fingerprint density at radius 1 is 1.09 bits per heavy atom. The van der Waals surface area contributed by atoms with Crippen LogP contribution >= 0.6 is 0 Å². The van der Waals surface area contributed by atoms with Gasteiger partial charge in [0, 0.05) is 30.6 Å². The lowest BCUT2D eigenvalue weighted by Crippen LogP contribution is -2.41. The lowest BCUT2D eigenvalue weighted by Gasteiger charge is -2.34. The fourth-order valence-corrected chi connectivity index (χ4v) is 6.41. The predicted molar refractivity (Wildman–Crippen MR) is 123 cm³/mol. The van der Waals surface area contributed by atoms with Crippen molar-refractivity contribution in [1.82, 2.24) is 9.21 Å². The van der Waals surface area contributed by atoms with Crippen molar-refractivity contribution >= 4 is 27.0 Å². The second-order valence-corrected chi connectivity index (χ2v) is 10.9. The van der Waals surface area contributed by atoms with Crippen LogP contribution in [0.5, 0.6) is 0 Å². The van der Waals surface area contributed by atoms with E-state index in [9.17, 15) is 13.2 Å². The molecule has 2 aliphatic rings. The molecule has 2 aliphatic heterocycles. The number of hydrogen-bond donors (Lipinski definition) is 0. The average Bonchev–Trinajstić information content (AvgIpc) is 2.94. The maximum absolute atomic E-state index is 13.3. The number of carbonyl (C=O) groups excluding carboxylic acids is 1. The minimum absolute atomic E-state index is 0.130. The zero-order valence-electron chi connectivity index (χ0n) is 19.1. The van der Waals surface area contributed by atoms with E-state index >= 15 is 0 Å². The summed E-state index contributed by atoms with van der Waals surface area (Å²) in [5.41, 5.74) is 1.09. The van der Waals surface area contributed by atoms with E-state index in [1.54, 1.807) is 36.4 Å². The fraction of sp³-hybridized carbons (Fsp3) is 0.625. The van der Waals surface area contributed by atoms with Crippen molar-refractivity contribution in [2.45, 2.75) is 57.3 Å². The molecule has 0 aliphatic carbocycles. The molecule has 8 heteroatoms. The average molecular weight is 463 g/mol. The van der Waals surface area contributed by atoms with Gasteiger partial charge >= 0.3 is 5.97 Å². The molecule has 0 saturated carbocycles. The van der Waals surface area contributed by atoms with Crippen LogP contribution in [-0.4, -0.2) is 62.9 Å². The molecule has 0 atom stereocenters. The molecule has 7 nitrogen and oxygen atoms in total. The molecule has 176 valence electrons. The van der Waals surface area contributed by atoms with Gasteiger partial charge in [0.2, 0.25) is 15.8 Å². The number of fused-ring (bicyclic) bond motifs is 1. The number of likely N-dealkylation sites (tertiary alicyclic amines) is 1. The summed E-state index contributed by atoms with van der Waals surface area (Å²) >= 11 is 0. The topological polar surface area (TPSA) is 80.1 Å². The highest BCUT2D eigenvalue weighted by molar-refractivity contribution is 7.89. The van der Waals surface area contributed by atoms with Crippen LogP contribution in [0, 0.1) is 12.8 Å². The molecule has 32 heavy (non-hydrogen) atoms. The number of carbonyl (C=O) groups is 1. The molecular formula is C24H34N2O5S. The molecule has 1 aromatic carbocycles. The number of benzene rings is 1. The summed E-state index contributed by atoms with van der Waals surface area (Å²) < 4.78 is 38.9. The van der Waals surface area contributed by atoms with Gasteiger partial charge < -0.3 is 14.1 Å². The van der Waals surface area contributed by atoms with Gasteiger partial charge in [-0.25, -0.2) is 13.2 Å². The summed E-state index contributed by atoms with van der Waals surface area (Å²) in [5.74, 6) is 0.160. The SMILES string of the molecule is CCOC(=O)c1oc2ccc(S(=O)(=O)N3CCC(CN4CCCCCC4)CC3)cc2c1C. The van der Waals surface area contributed by atoms with Crippen LogP contribution < -0.4 is 0 Å². The Kier molecular flexibility index (Phi) is 7.22. The monoisotopic (exact) mass is 462 g/mol. The smallest absolute Gasteiger partial charge is 0.374 e. The van der Waals surface area contributed by atoms with Crippen molar-refractivity contribution in [3.8, 4) is 0 Å². The number of rotatable bonds is 6. The van der Waals surface area contributed by atoms with E-state index in [1.807, 2.05) is 0 Å². The van der Waals surface area contributed by atoms with Gasteiger partial charge in [0.05, 0.1) is 11.5 Å². The van der Waals surface area contributed by atoms with Gasteiger partial charge in [-0.3, -0.25) is 0 Å². The zero-order valence-corrected chi connectivity index (χ0v) is 20.0. The first-order valence-electron chi connectivity index (χ1n) is 11.8. The normalized spacial score (nSPS) is 19.8. The van der Waals surface area contributed by atoms with Crippen LogP contribution in [0.1, 0.15) is 61.6 Å². The van der Waals surface area contributed by atoms with Gasteiger partial charge in [-0.05, 0) is 76.7 Å². The first-order chi connectivity index (χ1) is 15.4. The Morgan fingerprint density at radius 3 is 2.44 bits per heavy atom. The summed E-state index contributed by atoms with van der Waals surface area (Å²) in [4.78, 5) is 14.9. The molecule has 2 aromatic rings. The molecule has 2 fully saturated rings. The number of nitrogens with zero attached hydrogens (tertiary/aromatic N) is 2. The third-order valence-corrected chi connectivity index (χ3v) is 8.69. The first-order valence-corrected chi connectivity index (χ1v) is 13.3. The number of piperidine rings is 1. The Hall–Kier alpha value is -1.90. The van der Waals surface area contributed by atoms with E-state index < -0.39 is 16.0 Å². The van der Waals surface area contributed by atoms with Crippen LogP contribution in [0.15, 0.2) is 27.5 Å². The van der Waals surface area contributed by atoms with Gasteiger partial charge in [0.1, 0.15) is 5.58 Å². The standard InChI is InChI=1S/C24H34N2O5S/c1-3-30-24(27)23-18(2)21-16-20(8-9-22(21)31-23)32(28,29)26-14-10-19(11-15-26)17-25-12-6-4-5-7-13-25/h8-9,16,19H,3-7,10-15,17H2,1-2H3. The predicted octanol–water partition coefficient (Wildman–Crippen LogP) is 4.19. The van der Waals surface area contributed by atoms with Gasteiger partial charge in [-0.15, -0.1) is 0 Å². The Bertz CT molecular complexity index is 1050. The van der Waals surface area contributed by atoms with E-state index in [1.165, 1.54) is 38.8 Å². The minimum atomic E-state index is -3.59. The maximum Gasteiger partial charge on any atom is 0.374 e. The minimum Gasteiger partial charge on any atom is -0.460 e. The van der Waals surface area contributed by atoms with Gasteiger partial charge in [0.15, 0.2) is 0 Å². The molecule has 4 rings (SSSR count). The highest BCUT2D eigenvalue weighted by atomic mass is 32.2. The Morgan fingerprint density at radius 2 is 1.78 bits per heavy atom. The molecule has 0 bridgehead atoms. The van der Waals surface area contributed by atoms with Gasteiger partial charge in [-0.1, -0.05) is 12.8 Å². The van der Waals surface area contributed by atoms with E-state index in [-0.39, 0.29) is 17.3 Å². The lowest BCUT2D eigenvalue weighted by atomic mass is 9.97. The summed E-state index contributed by atoms with van der Waals surface area (Å²) in [6, 6.07) is 4.82. The molecule has 2 saturated heterocycles. The number of hydrogen-bond acceptors (Lipinski definition) is 6. The molecule has 3 heterocycles. The number of sulfonamides is 1. The first kappa shape index (κ1) is 23.3. The van der Waals surface area contributed by atoms with Crippen LogP contribution in [-0.2, 0) is 14.8 Å². The Balaban J connectivity index is 1.45. The molecule has 0 N–H and O–H groups in total. The highest BCUT2D eigenvalue weighted by Gasteiger charge is 2.31. The number of furan rings is 1. The Labute approximate surface area is 190 Å². The fourth-order valence-electron chi connectivity index (χ4n) is 4.92. The van der Waals surface area contributed by atoms with E-state index in [0.29, 0.717) is 35.5 Å². The van der Waals surface area contributed by atoms with Crippen LogP contribution in [0.4, 0.5) is 0 Å². The maximum atomic E-state index is 13.3. The molecule has 0 unspecified atom stereocenters. The van der Waals surface area contributed by atoms with Crippen molar-refractivity contribution < 1.29 is 22.4 Å². The quantitative estimate of drug-likeness (QED) is 0.599. The number of esters is 1. The largest absolute Gasteiger partial charge is 0.460 e. The second kappa shape index (κ2) is 9.93. The summed E-state index contributed by atoms with van der Waals surface area (Å²) in [5, 5.41) is 0.630. The van der Waals surface area contributed by atoms with E-state index in [2.05, 4.69) is 4.90 Å². The van der Waals surface area contributed by atoms with E-state index in [0.717, 1.165) is 19.4 Å². The lowest BCUT2D eigenvalue weighted by molar-refractivity contribution is 0.0491. The van der Waals surface area contributed by atoms with Crippen molar-refractivity contribution in [3.63, 3.8) is 0 Å². The number of aryl methyl sites for hydroxylation is 1. The second-order valence-electron chi connectivity index (χ2n) is 9.00. The van der Waals surface area contributed by atoms with Crippen molar-refractivity contribution in [2.75, 3.05) is 39.3 Å². The zero-order chi connectivity index (χ0) is 22.7. The van der Waals surface area contributed by atoms with Gasteiger partial charge in [-0.2, -0.15) is 4.31 Å². The summed E-state index contributed by atoms with van der Waals surface area (Å²) in [6.45, 7) is 8.29. The van der Waals surface area contributed by atoms with Crippen LogP contribution in [0.25, 0.3) is 11.0 Å². The van der Waals surface area contributed by atoms with Crippen molar-refractivity contribution in [2.24, 2.45) is 5.92 Å². The van der Waals surface area contributed by atoms with Crippen molar-refractivity contribution in [3.05, 3.63) is 29.5 Å².